The first-order valence-electron chi connectivity index (χ1n) is 5.86. The Kier molecular flexibility index (Phi) is 3.76. The summed E-state index contributed by atoms with van der Waals surface area (Å²) >= 11 is 0. The van der Waals surface area contributed by atoms with E-state index in [-0.39, 0.29) is 5.75 Å². The van der Waals surface area contributed by atoms with E-state index in [1.165, 1.54) is 0 Å². The molecule has 0 atom stereocenters. The van der Waals surface area contributed by atoms with Crippen LogP contribution in [0.2, 0.25) is 0 Å². The minimum atomic E-state index is 0.153. The van der Waals surface area contributed by atoms with Crippen molar-refractivity contribution in [2.24, 2.45) is 0 Å². The van der Waals surface area contributed by atoms with Crippen LogP contribution in [-0.4, -0.2) is 19.3 Å². The van der Waals surface area contributed by atoms with E-state index in [1.54, 1.807) is 32.4 Å². The van der Waals surface area contributed by atoms with Gasteiger partial charge in [0.1, 0.15) is 17.2 Å². The fourth-order valence-corrected chi connectivity index (χ4v) is 1.84. The van der Waals surface area contributed by atoms with E-state index in [2.05, 4.69) is 6.58 Å². The number of phenolic OH excluding ortho intramolecular Hbond substituents is 1. The molecular formula is C16H16O3. The Morgan fingerprint density at radius 1 is 0.947 bits per heavy atom. The minimum Gasteiger partial charge on any atom is -0.507 e. The van der Waals surface area contributed by atoms with Gasteiger partial charge < -0.3 is 14.6 Å². The molecular weight excluding hydrogens is 240 g/mol. The number of methoxy groups -OCH3 is 2. The summed E-state index contributed by atoms with van der Waals surface area (Å²) in [5, 5.41) is 9.99. The number of hydrogen-bond acceptors (Lipinski definition) is 3. The molecule has 0 aliphatic rings. The van der Waals surface area contributed by atoms with Crippen LogP contribution in [0.3, 0.4) is 0 Å². The highest BCUT2D eigenvalue weighted by Gasteiger charge is 2.08. The Labute approximate surface area is 112 Å². The molecule has 3 heteroatoms. The normalized spacial score (nSPS) is 10.0. The summed E-state index contributed by atoms with van der Waals surface area (Å²) in [6, 6.07) is 12.7. The quantitative estimate of drug-likeness (QED) is 0.910. The van der Waals surface area contributed by atoms with Crippen LogP contribution in [0.5, 0.6) is 17.2 Å². The number of phenols is 1. The second-order valence-electron chi connectivity index (χ2n) is 4.09. The van der Waals surface area contributed by atoms with Crippen molar-refractivity contribution in [2.75, 3.05) is 14.2 Å². The summed E-state index contributed by atoms with van der Waals surface area (Å²) in [5.41, 5.74) is 2.37. The lowest BCUT2D eigenvalue weighted by Gasteiger charge is -2.10. The topological polar surface area (TPSA) is 38.7 Å². The van der Waals surface area contributed by atoms with E-state index in [0.29, 0.717) is 11.3 Å². The van der Waals surface area contributed by atoms with Crippen LogP contribution < -0.4 is 9.47 Å². The third kappa shape index (κ3) is 2.71. The Morgan fingerprint density at radius 3 is 2.05 bits per heavy atom. The van der Waals surface area contributed by atoms with Crippen LogP contribution in [0.15, 0.2) is 49.0 Å². The number of rotatable bonds is 4. The lowest BCUT2D eigenvalue weighted by atomic mass is 9.98. The van der Waals surface area contributed by atoms with Crippen LogP contribution in [0.1, 0.15) is 11.1 Å². The van der Waals surface area contributed by atoms with Crippen LogP contribution >= 0.6 is 0 Å². The van der Waals surface area contributed by atoms with Gasteiger partial charge in [0.2, 0.25) is 0 Å². The Morgan fingerprint density at radius 2 is 1.53 bits per heavy atom. The second kappa shape index (κ2) is 5.48. The molecule has 0 amide bonds. The van der Waals surface area contributed by atoms with Crippen LogP contribution in [0, 0.1) is 0 Å². The average molecular weight is 256 g/mol. The molecule has 98 valence electrons. The maximum Gasteiger partial charge on any atom is 0.127 e. The van der Waals surface area contributed by atoms with E-state index < -0.39 is 0 Å². The van der Waals surface area contributed by atoms with Gasteiger partial charge in [0, 0.05) is 11.6 Å². The van der Waals surface area contributed by atoms with Crippen molar-refractivity contribution in [3.05, 3.63) is 60.2 Å². The zero-order valence-electron chi connectivity index (χ0n) is 11.0. The fourth-order valence-electron chi connectivity index (χ4n) is 1.84. The van der Waals surface area contributed by atoms with E-state index in [0.717, 1.165) is 16.9 Å². The molecule has 0 spiro atoms. The van der Waals surface area contributed by atoms with Crippen molar-refractivity contribution >= 4 is 5.57 Å². The zero-order valence-corrected chi connectivity index (χ0v) is 11.0. The Hall–Kier alpha value is -2.42. The van der Waals surface area contributed by atoms with Crippen molar-refractivity contribution in [1.29, 1.82) is 0 Å². The second-order valence-corrected chi connectivity index (χ2v) is 4.09. The van der Waals surface area contributed by atoms with Crippen molar-refractivity contribution < 1.29 is 14.6 Å². The third-order valence-electron chi connectivity index (χ3n) is 2.97. The SMILES string of the molecule is C=C(c1ccc(OC)cc1)c1ccc(OC)cc1O. The van der Waals surface area contributed by atoms with Crippen LogP contribution in [0.25, 0.3) is 5.57 Å². The van der Waals surface area contributed by atoms with E-state index in [9.17, 15) is 5.11 Å². The molecule has 0 fully saturated rings. The van der Waals surface area contributed by atoms with Gasteiger partial charge in [-0.1, -0.05) is 18.7 Å². The highest BCUT2D eigenvalue weighted by Crippen LogP contribution is 2.32. The molecule has 2 aromatic rings. The molecule has 2 rings (SSSR count). The molecule has 0 heterocycles. The largest absolute Gasteiger partial charge is 0.507 e. The molecule has 0 unspecified atom stereocenters. The monoisotopic (exact) mass is 256 g/mol. The van der Waals surface area contributed by atoms with Gasteiger partial charge in [0.05, 0.1) is 14.2 Å². The molecule has 0 bridgehead atoms. The molecule has 0 aliphatic heterocycles. The first-order chi connectivity index (χ1) is 9.15. The third-order valence-corrected chi connectivity index (χ3v) is 2.97. The number of aromatic hydroxyl groups is 1. The summed E-state index contributed by atoms with van der Waals surface area (Å²) in [4.78, 5) is 0. The zero-order chi connectivity index (χ0) is 13.8. The minimum absolute atomic E-state index is 0.153. The molecule has 2 aromatic carbocycles. The Bertz CT molecular complexity index is 585. The van der Waals surface area contributed by atoms with Crippen molar-refractivity contribution in [2.45, 2.75) is 0 Å². The van der Waals surface area contributed by atoms with E-state index in [4.69, 9.17) is 9.47 Å². The summed E-state index contributed by atoms with van der Waals surface area (Å²) in [7, 11) is 3.19. The summed E-state index contributed by atoms with van der Waals surface area (Å²) in [6.45, 7) is 4.03. The van der Waals surface area contributed by atoms with Gasteiger partial charge >= 0.3 is 0 Å². The molecule has 3 nitrogen and oxygen atoms in total. The van der Waals surface area contributed by atoms with E-state index >= 15 is 0 Å². The summed E-state index contributed by atoms with van der Waals surface area (Å²) < 4.78 is 10.2. The molecule has 0 saturated carbocycles. The fraction of sp³-hybridized carbons (Fsp3) is 0.125. The van der Waals surface area contributed by atoms with Gasteiger partial charge in [0.15, 0.2) is 0 Å². The highest BCUT2D eigenvalue weighted by molar-refractivity contribution is 5.81. The van der Waals surface area contributed by atoms with Crippen molar-refractivity contribution in [1.82, 2.24) is 0 Å². The van der Waals surface area contributed by atoms with Gasteiger partial charge in [-0.15, -0.1) is 0 Å². The first kappa shape index (κ1) is 13.0. The lowest BCUT2D eigenvalue weighted by Crippen LogP contribution is -1.90. The van der Waals surface area contributed by atoms with Gasteiger partial charge in [-0.05, 0) is 35.4 Å². The van der Waals surface area contributed by atoms with Gasteiger partial charge in [-0.2, -0.15) is 0 Å². The molecule has 0 radical (unpaired) electrons. The highest BCUT2D eigenvalue weighted by atomic mass is 16.5. The Balaban J connectivity index is 2.32. The number of hydrogen-bond donors (Lipinski definition) is 1. The predicted octanol–water partition coefficient (Wildman–Crippen LogP) is 3.47. The van der Waals surface area contributed by atoms with Gasteiger partial charge in [-0.3, -0.25) is 0 Å². The van der Waals surface area contributed by atoms with Crippen LogP contribution in [0.4, 0.5) is 0 Å². The number of benzene rings is 2. The van der Waals surface area contributed by atoms with Gasteiger partial charge in [-0.25, -0.2) is 0 Å². The smallest absolute Gasteiger partial charge is 0.127 e. The van der Waals surface area contributed by atoms with Crippen molar-refractivity contribution in [3.63, 3.8) is 0 Å². The first-order valence-corrected chi connectivity index (χ1v) is 5.86. The lowest BCUT2D eigenvalue weighted by molar-refractivity contribution is 0.407. The molecule has 1 N–H and O–H groups in total. The van der Waals surface area contributed by atoms with Crippen LogP contribution in [-0.2, 0) is 0 Å². The van der Waals surface area contributed by atoms with Gasteiger partial charge in [0.25, 0.3) is 0 Å². The average Bonchev–Trinajstić information content (AvgIpc) is 2.46. The molecule has 19 heavy (non-hydrogen) atoms. The molecule has 0 aromatic heterocycles. The summed E-state index contributed by atoms with van der Waals surface area (Å²) in [6.07, 6.45) is 0. The standard InChI is InChI=1S/C16H16O3/c1-11(12-4-6-13(18-2)7-5-12)15-9-8-14(19-3)10-16(15)17/h4-10,17H,1H2,2-3H3. The summed E-state index contributed by atoms with van der Waals surface area (Å²) in [5.74, 6) is 1.56. The van der Waals surface area contributed by atoms with Crippen molar-refractivity contribution in [3.8, 4) is 17.2 Å². The number of ether oxygens (including phenoxy) is 2. The maximum absolute atomic E-state index is 9.99. The van der Waals surface area contributed by atoms with E-state index in [1.807, 2.05) is 24.3 Å². The maximum atomic E-state index is 9.99. The predicted molar refractivity (Wildman–Crippen MR) is 75.8 cm³/mol. The molecule has 0 aliphatic carbocycles. The molecule has 0 saturated heterocycles.